The highest BCUT2D eigenvalue weighted by Crippen LogP contribution is 2.23. The molecule has 1 heterocycles. The second kappa shape index (κ2) is 7.16. The number of aryl methyl sites for hydroxylation is 2. The minimum atomic E-state index is -0.425. The van der Waals surface area contributed by atoms with E-state index in [0.29, 0.717) is 22.3 Å². The van der Waals surface area contributed by atoms with Crippen molar-refractivity contribution in [1.29, 1.82) is 0 Å². The molecule has 0 bridgehead atoms. The summed E-state index contributed by atoms with van der Waals surface area (Å²) in [5.74, 6) is -0.222. The zero-order valence-corrected chi connectivity index (χ0v) is 15.7. The second-order valence-corrected chi connectivity index (χ2v) is 6.84. The van der Waals surface area contributed by atoms with Crippen molar-refractivity contribution in [3.05, 3.63) is 99.9 Å². The van der Waals surface area contributed by atoms with E-state index in [2.05, 4.69) is 5.32 Å². The van der Waals surface area contributed by atoms with Crippen LogP contribution in [0.2, 0.25) is 0 Å². The fourth-order valence-electron chi connectivity index (χ4n) is 3.16. The Morgan fingerprint density at radius 3 is 2.57 bits per heavy atom. The van der Waals surface area contributed by atoms with Gasteiger partial charge in [0, 0.05) is 16.6 Å². The monoisotopic (exact) mass is 369 g/mol. The molecule has 0 unspecified atom stereocenters. The van der Waals surface area contributed by atoms with E-state index >= 15 is 0 Å². The molecule has 0 spiro atoms. The van der Waals surface area contributed by atoms with Gasteiger partial charge in [-0.15, -0.1) is 0 Å². The van der Waals surface area contributed by atoms with Crippen molar-refractivity contribution in [2.24, 2.45) is 0 Å². The number of rotatable bonds is 3. The summed E-state index contributed by atoms with van der Waals surface area (Å²) in [7, 11) is 0. The zero-order chi connectivity index (χ0) is 19.7. The summed E-state index contributed by atoms with van der Waals surface area (Å²) in [4.78, 5) is 25.2. The molecule has 0 atom stereocenters. The van der Waals surface area contributed by atoms with E-state index < -0.39 is 5.63 Å². The molecule has 4 heteroatoms. The van der Waals surface area contributed by atoms with Gasteiger partial charge >= 0.3 is 5.63 Å². The zero-order valence-electron chi connectivity index (χ0n) is 15.7. The van der Waals surface area contributed by atoms with Crippen LogP contribution in [0, 0.1) is 13.8 Å². The van der Waals surface area contributed by atoms with Crippen LogP contribution in [0.5, 0.6) is 0 Å². The summed E-state index contributed by atoms with van der Waals surface area (Å²) in [6.07, 6.45) is 0. The second-order valence-electron chi connectivity index (χ2n) is 6.84. The smallest absolute Gasteiger partial charge is 0.344 e. The lowest BCUT2D eigenvalue weighted by atomic mass is 10.0. The molecule has 1 N–H and O–H groups in total. The van der Waals surface area contributed by atoms with E-state index in [4.69, 9.17) is 4.42 Å². The highest BCUT2D eigenvalue weighted by molar-refractivity contribution is 6.05. The molecule has 138 valence electrons. The van der Waals surface area contributed by atoms with E-state index in [-0.39, 0.29) is 5.91 Å². The summed E-state index contributed by atoms with van der Waals surface area (Å²) >= 11 is 0. The maximum atomic E-state index is 12.7. The standard InChI is InChI=1S/C24H19NO3/c1-15-10-11-16(2)21(12-15)25-23(26)19-8-5-7-17(13-19)20-14-18-6-3-4-9-22(18)28-24(20)27/h3-14H,1-2H3,(H,25,26). The van der Waals surface area contributed by atoms with Crippen LogP contribution < -0.4 is 10.9 Å². The fraction of sp³-hybridized carbons (Fsp3) is 0.0833. The summed E-state index contributed by atoms with van der Waals surface area (Å²) in [5.41, 5.74) is 4.51. The molecule has 1 aromatic heterocycles. The van der Waals surface area contributed by atoms with Crippen molar-refractivity contribution in [2.45, 2.75) is 13.8 Å². The van der Waals surface area contributed by atoms with Crippen LogP contribution in [0.25, 0.3) is 22.1 Å². The Morgan fingerprint density at radius 1 is 0.893 bits per heavy atom. The molecule has 3 aromatic carbocycles. The van der Waals surface area contributed by atoms with Crippen molar-refractivity contribution < 1.29 is 9.21 Å². The summed E-state index contributed by atoms with van der Waals surface area (Å²) in [6, 6.07) is 22.1. The topological polar surface area (TPSA) is 59.3 Å². The normalized spacial score (nSPS) is 10.8. The van der Waals surface area contributed by atoms with Crippen LogP contribution in [0.4, 0.5) is 5.69 Å². The maximum Gasteiger partial charge on any atom is 0.344 e. The maximum absolute atomic E-state index is 12.7. The van der Waals surface area contributed by atoms with Crippen molar-refractivity contribution in [1.82, 2.24) is 0 Å². The Labute approximate surface area is 162 Å². The highest BCUT2D eigenvalue weighted by Gasteiger charge is 2.12. The van der Waals surface area contributed by atoms with Gasteiger partial charge in [0.15, 0.2) is 0 Å². The van der Waals surface area contributed by atoms with Crippen molar-refractivity contribution in [3.8, 4) is 11.1 Å². The molecule has 4 nitrogen and oxygen atoms in total. The van der Waals surface area contributed by atoms with Crippen LogP contribution in [0.1, 0.15) is 21.5 Å². The van der Waals surface area contributed by atoms with E-state index in [1.807, 2.05) is 50.2 Å². The van der Waals surface area contributed by atoms with E-state index in [1.165, 1.54) is 0 Å². The lowest BCUT2D eigenvalue weighted by Crippen LogP contribution is -2.13. The van der Waals surface area contributed by atoms with Crippen LogP contribution in [0.15, 0.2) is 82.0 Å². The summed E-state index contributed by atoms with van der Waals surface area (Å²) in [6.45, 7) is 3.93. The molecule has 0 saturated carbocycles. The average molecular weight is 369 g/mol. The number of amides is 1. The lowest BCUT2D eigenvalue weighted by Gasteiger charge is -2.10. The first-order valence-electron chi connectivity index (χ1n) is 9.03. The predicted molar refractivity (Wildman–Crippen MR) is 112 cm³/mol. The van der Waals surface area contributed by atoms with Crippen molar-refractivity contribution >= 4 is 22.6 Å². The van der Waals surface area contributed by atoms with Crippen LogP contribution >= 0.6 is 0 Å². The molecule has 28 heavy (non-hydrogen) atoms. The van der Waals surface area contributed by atoms with Gasteiger partial charge in [0.2, 0.25) is 0 Å². The van der Waals surface area contributed by atoms with Gasteiger partial charge in [-0.2, -0.15) is 0 Å². The molecule has 4 aromatic rings. The quantitative estimate of drug-likeness (QED) is 0.497. The van der Waals surface area contributed by atoms with Crippen LogP contribution in [-0.4, -0.2) is 5.91 Å². The van der Waals surface area contributed by atoms with Gasteiger partial charge in [0.05, 0.1) is 5.56 Å². The largest absolute Gasteiger partial charge is 0.422 e. The third-order valence-corrected chi connectivity index (χ3v) is 4.72. The first-order valence-corrected chi connectivity index (χ1v) is 9.03. The Morgan fingerprint density at radius 2 is 1.71 bits per heavy atom. The number of anilines is 1. The molecular weight excluding hydrogens is 350 g/mol. The van der Waals surface area contributed by atoms with Crippen molar-refractivity contribution in [2.75, 3.05) is 5.32 Å². The minimum absolute atomic E-state index is 0.222. The van der Waals surface area contributed by atoms with Crippen LogP contribution in [0.3, 0.4) is 0 Å². The lowest BCUT2D eigenvalue weighted by molar-refractivity contribution is 0.102. The van der Waals surface area contributed by atoms with E-state index in [9.17, 15) is 9.59 Å². The van der Waals surface area contributed by atoms with Gasteiger partial charge in [0.1, 0.15) is 5.58 Å². The minimum Gasteiger partial charge on any atom is -0.422 e. The molecule has 0 aliphatic carbocycles. The molecule has 0 radical (unpaired) electrons. The Balaban J connectivity index is 1.70. The van der Waals surface area contributed by atoms with Gasteiger partial charge in [-0.05, 0) is 60.9 Å². The first-order chi connectivity index (χ1) is 13.5. The number of fused-ring (bicyclic) bond motifs is 1. The number of nitrogens with one attached hydrogen (secondary N) is 1. The predicted octanol–water partition coefficient (Wildman–Crippen LogP) is 5.33. The van der Waals surface area contributed by atoms with Crippen molar-refractivity contribution in [3.63, 3.8) is 0 Å². The number of hydrogen-bond acceptors (Lipinski definition) is 3. The SMILES string of the molecule is Cc1ccc(C)c(NC(=O)c2cccc(-c3cc4ccccc4oc3=O)c2)c1. The van der Waals surface area contributed by atoms with Gasteiger partial charge < -0.3 is 9.73 Å². The Hall–Kier alpha value is -3.66. The Bertz CT molecular complexity index is 1250. The van der Waals surface area contributed by atoms with Crippen LogP contribution in [-0.2, 0) is 0 Å². The van der Waals surface area contributed by atoms with Gasteiger partial charge in [0.25, 0.3) is 5.91 Å². The third-order valence-electron chi connectivity index (χ3n) is 4.72. The molecule has 4 rings (SSSR count). The molecule has 0 aliphatic heterocycles. The number of hydrogen-bond donors (Lipinski definition) is 1. The van der Waals surface area contributed by atoms with E-state index in [1.54, 1.807) is 36.4 Å². The summed E-state index contributed by atoms with van der Waals surface area (Å²) < 4.78 is 5.42. The molecule has 0 aliphatic rings. The number of benzene rings is 3. The number of para-hydroxylation sites is 1. The molecule has 1 amide bonds. The molecular formula is C24H19NO3. The average Bonchev–Trinajstić information content (AvgIpc) is 2.70. The number of carbonyl (C=O) groups excluding carboxylic acids is 1. The van der Waals surface area contributed by atoms with E-state index in [0.717, 1.165) is 22.2 Å². The van der Waals surface area contributed by atoms with Gasteiger partial charge in [-0.3, -0.25) is 4.79 Å². The summed E-state index contributed by atoms with van der Waals surface area (Å²) in [5, 5.41) is 3.79. The third kappa shape index (κ3) is 3.45. The van der Waals surface area contributed by atoms with Gasteiger partial charge in [-0.1, -0.05) is 42.5 Å². The molecule has 0 fully saturated rings. The highest BCUT2D eigenvalue weighted by atomic mass is 16.4. The fourth-order valence-corrected chi connectivity index (χ4v) is 3.16. The Kier molecular flexibility index (Phi) is 4.53. The number of carbonyl (C=O) groups is 1. The first kappa shape index (κ1) is 17.7. The van der Waals surface area contributed by atoms with Gasteiger partial charge in [-0.25, -0.2) is 4.79 Å². The molecule has 0 saturated heterocycles.